The Morgan fingerprint density at radius 1 is 1.06 bits per heavy atom. The number of aliphatic hydroxyl groups is 1. The van der Waals surface area contributed by atoms with Crippen LogP contribution in [-0.4, -0.2) is 84.5 Å². The first-order valence-corrected chi connectivity index (χ1v) is 12.9. The first-order chi connectivity index (χ1) is 16.3. The second-order valence-corrected chi connectivity index (χ2v) is 11.6. The van der Waals surface area contributed by atoms with E-state index in [-0.39, 0.29) is 47.1 Å². The third kappa shape index (κ3) is 5.61. The van der Waals surface area contributed by atoms with Crippen LogP contribution in [0.4, 0.5) is 4.79 Å². The van der Waals surface area contributed by atoms with Crippen LogP contribution in [-0.2, 0) is 14.6 Å². The third-order valence-corrected chi connectivity index (χ3v) is 8.54. The number of β-amino-alcohol motifs (C(OH)–C–C–N with tert-alkyl or cyclic N) is 1. The van der Waals surface area contributed by atoms with Crippen LogP contribution in [0.2, 0.25) is 0 Å². The largest absolute Gasteiger partial charge is 0.481 e. The molecule has 1 heterocycles. The minimum atomic E-state index is -3.92. The van der Waals surface area contributed by atoms with Gasteiger partial charge in [-0.3, -0.25) is 14.5 Å². The first kappa shape index (κ1) is 26.5. The number of rotatable bonds is 10. The van der Waals surface area contributed by atoms with Gasteiger partial charge in [-0.15, -0.1) is 0 Å². The lowest BCUT2D eigenvalue weighted by Gasteiger charge is -2.31. The van der Waals surface area contributed by atoms with Crippen molar-refractivity contribution >= 4 is 27.6 Å². The number of quaternary nitrogens is 1. The zero-order chi connectivity index (χ0) is 26.0. The Bertz CT molecular complexity index is 1210. The van der Waals surface area contributed by atoms with Crippen molar-refractivity contribution in [2.45, 2.75) is 30.4 Å². The van der Waals surface area contributed by atoms with E-state index in [0.717, 1.165) is 0 Å². The molecule has 2 unspecified atom stereocenters. The lowest BCUT2D eigenvalue weighted by molar-refractivity contribution is -0.881. The van der Waals surface area contributed by atoms with E-state index in [0.29, 0.717) is 11.1 Å². The maximum Gasteiger partial charge on any atom is 0.421 e. The number of likely N-dealkylation sites (N-methyl/N-ethyl adjacent to an activating group) is 1. The number of hydrogen-bond acceptors (Lipinski definition) is 6. The molecule has 0 saturated carbocycles. The van der Waals surface area contributed by atoms with E-state index in [4.69, 9.17) is 0 Å². The van der Waals surface area contributed by atoms with Crippen molar-refractivity contribution < 1.29 is 37.5 Å². The molecule has 1 saturated heterocycles. The average Bonchev–Trinajstić information content (AvgIpc) is 2.96. The molecule has 2 N–H and O–H groups in total. The zero-order valence-electron chi connectivity index (χ0n) is 20.0. The molecule has 35 heavy (non-hydrogen) atoms. The Kier molecular flexibility index (Phi) is 7.49. The minimum absolute atomic E-state index is 0.0541. The van der Waals surface area contributed by atoms with Gasteiger partial charge in [-0.1, -0.05) is 30.3 Å². The monoisotopic (exact) mass is 503 g/mol. The van der Waals surface area contributed by atoms with Gasteiger partial charge in [0, 0.05) is 24.6 Å². The molecule has 0 aliphatic carbocycles. The Balaban J connectivity index is 1.64. The highest BCUT2D eigenvalue weighted by Crippen LogP contribution is 2.29. The average molecular weight is 504 g/mol. The van der Waals surface area contributed by atoms with E-state index in [2.05, 4.69) is 0 Å². The number of carbonyl (C=O) groups is 3. The lowest BCUT2D eigenvalue weighted by Crippen LogP contribution is -2.56. The number of aliphatic carboxylic acids is 1. The van der Waals surface area contributed by atoms with E-state index < -0.39 is 33.2 Å². The Hall–Kier alpha value is -3.08. The van der Waals surface area contributed by atoms with Crippen molar-refractivity contribution in [1.82, 2.24) is 4.90 Å². The van der Waals surface area contributed by atoms with Crippen LogP contribution >= 0.6 is 0 Å². The molecule has 188 valence electrons. The number of ketones is 1. The van der Waals surface area contributed by atoms with Gasteiger partial charge in [0.1, 0.15) is 6.54 Å². The fourth-order valence-electron chi connectivity index (χ4n) is 4.08. The standard InChI is InChI=1S/C25H30N2O7S/c1-25(32)17-26(24(31)27(25,2)3)15-7-10-20(23(29)30)16-35(33,34)21-13-11-19(12-14-21)22(28)18-8-5-4-6-9-18/h4-6,8-9,11-14,20,32H,7,10,15-17H2,1-3H3/p+1. The van der Waals surface area contributed by atoms with Crippen LogP contribution in [0.5, 0.6) is 0 Å². The van der Waals surface area contributed by atoms with Crippen molar-refractivity contribution in [2.24, 2.45) is 5.92 Å². The molecule has 0 aromatic heterocycles. The van der Waals surface area contributed by atoms with E-state index in [1.54, 1.807) is 51.4 Å². The highest BCUT2D eigenvalue weighted by atomic mass is 32.2. The summed E-state index contributed by atoms with van der Waals surface area (Å²) in [5, 5.41) is 20.1. The summed E-state index contributed by atoms with van der Waals surface area (Å²) in [6.45, 7) is 1.90. The van der Waals surface area contributed by atoms with Gasteiger partial charge in [0.2, 0.25) is 5.72 Å². The maximum atomic E-state index is 12.9. The first-order valence-electron chi connectivity index (χ1n) is 11.3. The molecule has 2 atom stereocenters. The maximum absolute atomic E-state index is 12.9. The van der Waals surface area contributed by atoms with Crippen LogP contribution < -0.4 is 0 Å². The van der Waals surface area contributed by atoms with Gasteiger partial charge < -0.3 is 10.2 Å². The Morgan fingerprint density at radius 3 is 2.14 bits per heavy atom. The van der Waals surface area contributed by atoms with Crippen LogP contribution in [0, 0.1) is 5.92 Å². The summed E-state index contributed by atoms with van der Waals surface area (Å²) in [5.74, 6) is -3.23. The molecule has 0 bridgehead atoms. The summed E-state index contributed by atoms with van der Waals surface area (Å²) < 4.78 is 25.6. The molecule has 10 heteroatoms. The van der Waals surface area contributed by atoms with Crippen molar-refractivity contribution in [1.29, 1.82) is 0 Å². The van der Waals surface area contributed by atoms with Gasteiger partial charge in [0.05, 0.1) is 30.7 Å². The summed E-state index contributed by atoms with van der Waals surface area (Å²) >= 11 is 0. The number of carboxylic acids is 1. The molecule has 2 amide bonds. The Labute approximate surface area is 205 Å². The topological polar surface area (TPSA) is 129 Å². The molecular weight excluding hydrogens is 472 g/mol. The summed E-state index contributed by atoms with van der Waals surface area (Å²) in [4.78, 5) is 38.3. The normalized spacial score (nSPS) is 20.6. The van der Waals surface area contributed by atoms with Gasteiger partial charge in [0.15, 0.2) is 15.6 Å². The van der Waals surface area contributed by atoms with E-state index in [1.165, 1.54) is 29.2 Å². The predicted octanol–water partition coefficient (Wildman–Crippen LogP) is 2.39. The van der Waals surface area contributed by atoms with Crippen LogP contribution in [0.1, 0.15) is 35.7 Å². The quantitative estimate of drug-likeness (QED) is 0.376. The fraction of sp³-hybridized carbons (Fsp3) is 0.400. The molecule has 2 aromatic rings. The molecule has 3 rings (SSSR count). The molecule has 2 aromatic carbocycles. The van der Waals surface area contributed by atoms with Crippen molar-refractivity contribution in [2.75, 3.05) is 32.9 Å². The second-order valence-electron chi connectivity index (χ2n) is 9.55. The number of nitrogens with zero attached hydrogens (tertiary/aromatic N) is 2. The van der Waals surface area contributed by atoms with Crippen molar-refractivity contribution in [3.8, 4) is 0 Å². The number of sulfone groups is 1. The number of carbonyl (C=O) groups excluding carboxylic acids is 2. The summed E-state index contributed by atoms with van der Waals surface area (Å²) in [5.41, 5.74) is -0.451. The lowest BCUT2D eigenvalue weighted by atomic mass is 10.0. The van der Waals surface area contributed by atoms with E-state index >= 15 is 0 Å². The number of amides is 2. The fourth-order valence-corrected chi connectivity index (χ4v) is 5.66. The third-order valence-electron chi connectivity index (χ3n) is 6.71. The SMILES string of the molecule is CC1(O)CN(CCCC(CS(=O)(=O)c2ccc(C(=O)c3ccccc3)cc2)C(=O)O)C(=O)[N+]1(C)C. The van der Waals surface area contributed by atoms with Gasteiger partial charge >= 0.3 is 12.0 Å². The second kappa shape index (κ2) is 9.88. The molecule has 1 aliphatic rings. The molecule has 1 aliphatic heterocycles. The van der Waals surface area contributed by atoms with E-state index in [9.17, 15) is 33.0 Å². The van der Waals surface area contributed by atoms with Crippen LogP contribution in [0.3, 0.4) is 0 Å². The minimum Gasteiger partial charge on any atom is -0.481 e. The van der Waals surface area contributed by atoms with Gasteiger partial charge in [-0.05, 0) is 37.1 Å². The van der Waals surface area contributed by atoms with Gasteiger partial charge in [-0.2, -0.15) is 0 Å². The molecule has 1 fully saturated rings. The van der Waals surface area contributed by atoms with Crippen LogP contribution in [0.15, 0.2) is 59.5 Å². The highest BCUT2D eigenvalue weighted by molar-refractivity contribution is 7.91. The molecule has 0 spiro atoms. The zero-order valence-corrected chi connectivity index (χ0v) is 20.9. The predicted molar refractivity (Wildman–Crippen MR) is 128 cm³/mol. The van der Waals surface area contributed by atoms with Gasteiger partial charge in [-0.25, -0.2) is 17.7 Å². The molecule has 9 nitrogen and oxygen atoms in total. The summed E-state index contributed by atoms with van der Waals surface area (Å²) in [6.07, 6.45) is 0.331. The Morgan fingerprint density at radius 2 is 1.63 bits per heavy atom. The number of hydrogen-bond donors (Lipinski definition) is 2. The number of benzene rings is 2. The summed E-state index contributed by atoms with van der Waals surface area (Å²) in [6, 6.07) is 13.8. The summed E-state index contributed by atoms with van der Waals surface area (Å²) in [7, 11) is -0.715. The van der Waals surface area contributed by atoms with Gasteiger partial charge in [0.25, 0.3) is 0 Å². The molecule has 0 radical (unpaired) electrons. The number of urea groups is 1. The van der Waals surface area contributed by atoms with Crippen molar-refractivity contribution in [3.63, 3.8) is 0 Å². The number of carboxylic acid groups (broad SMARTS) is 1. The smallest absolute Gasteiger partial charge is 0.421 e. The highest BCUT2D eigenvalue weighted by Gasteiger charge is 2.55. The van der Waals surface area contributed by atoms with E-state index in [1.807, 2.05) is 0 Å². The molecular formula is C25H31N2O7S+. The van der Waals surface area contributed by atoms with Crippen molar-refractivity contribution in [3.05, 3.63) is 65.7 Å². The van der Waals surface area contributed by atoms with Crippen LogP contribution in [0.25, 0.3) is 0 Å².